The second-order valence-electron chi connectivity index (χ2n) is 7.42. The van der Waals surface area contributed by atoms with E-state index >= 15 is 0 Å². The second kappa shape index (κ2) is 7.19. The number of Topliss-reactive ketones (excluding diaryl/α,β-unsaturated/α-hetero) is 1. The summed E-state index contributed by atoms with van der Waals surface area (Å²) in [5, 5.41) is 0.490. The van der Waals surface area contributed by atoms with Gasteiger partial charge in [-0.2, -0.15) is 0 Å². The third-order valence-electron chi connectivity index (χ3n) is 4.36. The van der Waals surface area contributed by atoms with Gasteiger partial charge < -0.3 is 9.72 Å². The van der Waals surface area contributed by atoms with Gasteiger partial charge in [0, 0.05) is 22.5 Å². The molecule has 0 saturated carbocycles. The number of aromatic nitrogens is 1. The van der Waals surface area contributed by atoms with Crippen LogP contribution in [0, 0.1) is 0 Å². The molecule has 0 spiro atoms. The molecule has 0 bridgehead atoms. The lowest BCUT2D eigenvalue weighted by molar-refractivity contribution is 0.0469. The zero-order valence-corrected chi connectivity index (χ0v) is 15.5. The van der Waals surface area contributed by atoms with Crippen LogP contribution in [0.1, 0.15) is 47.2 Å². The van der Waals surface area contributed by atoms with Gasteiger partial charge in [0.05, 0.1) is 0 Å². The minimum absolute atomic E-state index is 0.00397. The molecule has 27 heavy (non-hydrogen) atoms. The molecule has 0 radical (unpaired) electrons. The summed E-state index contributed by atoms with van der Waals surface area (Å²) in [7, 11) is 0. The summed E-state index contributed by atoms with van der Waals surface area (Å²) in [6.45, 7) is 5.89. The highest BCUT2D eigenvalue weighted by Gasteiger charge is 2.16. The molecule has 1 aromatic heterocycles. The maximum absolute atomic E-state index is 12.3. The predicted molar refractivity (Wildman–Crippen MR) is 104 cm³/mol. The van der Waals surface area contributed by atoms with Crippen LogP contribution < -0.4 is 5.43 Å². The molecular weight excluding hydrogens is 342 g/mol. The van der Waals surface area contributed by atoms with Crippen LogP contribution in [0.5, 0.6) is 0 Å². The lowest BCUT2D eigenvalue weighted by Gasteiger charge is -2.18. The van der Waals surface area contributed by atoms with E-state index < -0.39 is 5.97 Å². The number of fused-ring (bicyclic) bond motifs is 1. The Labute approximate surface area is 157 Å². The van der Waals surface area contributed by atoms with Gasteiger partial charge in [-0.25, -0.2) is 4.79 Å². The summed E-state index contributed by atoms with van der Waals surface area (Å²) in [4.78, 5) is 39.4. The van der Waals surface area contributed by atoms with Gasteiger partial charge in [-0.05, 0) is 23.1 Å². The van der Waals surface area contributed by atoms with E-state index in [2.05, 4.69) is 25.8 Å². The molecule has 0 atom stereocenters. The first kappa shape index (κ1) is 18.6. The first-order valence-electron chi connectivity index (χ1n) is 8.68. The molecule has 138 valence electrons. The topological polar surface area (TPSA) is 76.2 Å². The molecule has 1 heterocycles. The van der Waals surface area contributed by atoms with Gasteiger partial charge in [0.2, 0.25) is 0 Å². The molecular formula is C22H21NO4. The Bertz CT molecular complexity index is 1060. The second-order valence-corrected chi connectivity index (χ2v) is 7.42. The fourth-order valence-electron chi connectivity index (χ4n) is 2.76. The van der Waals surface area contributed by atoms with Crippen molar-refractivity contribution in [3.63, 3.8) is 0 Å². The molecule has 0 unspecified atom stereocenters. The van der Waals surface area contributed by atoms with Gasteiger partial charge >= 0.3 is 5.97 Å². The van der Waals surface area contributed by atoms with Gasteiger partial charge in [0.25, 0.3) is 0 Å². The summed E-state index contributed by atoms with van der Waals surface area (Å²) < 4.78 is 5.09. The van der Waals surface area contributed by atoms with E-state index in [0.717, 1.165) is 5.56 Å². The van der Waals surface area contributed by atoms with E-state index in [4.69, 9.17) is 4.74 Å². The summed E-state index contributed by atoms with van der Waals surface area (Å²) >= 11 is 0. The Morgan fingerprint density at radius 1 is 1.00 bits per heavy atom. The van der Waals surface area contributed by atoms with E-state index in [1.807, 2.05) is 12.1 Å². The van der Waals surface area contributed by atoms with Crippen LogP contribution in [0.3, 0.4) is 0 Å². The number of rotatable bonds is 4. The quantitative estimate of drug-likeness (QED) is 0.564. The third-order valence-corrected chi connectivity index (χ3v) is 4.36. The molecule has 2 aromatic carbocycles. The first-order chi connectivity index (χ1) is 12.8. The highest BCUT2D eigenvalue weighted by molar-refractivity contribution is 5.99. The zero-order valence-electron chi connectivity index (χ0n) is 15.5. The average molecular weight is 363 g/mol. The van der Waals surface area contributed by atoms with Crippen molar-refractivity contribution < 1.29 is 14.3 Å². The maximum Gasteiger partial charge on any atom is 0.355 e. The molecule has 3 rings (SSSR count). The lowest BCUT2D eigenvalue weighted by atomic mass is 9.86. The van der Waals surface area contributed by atoms with E-state index in [1.54, 1.807) is 36.4 Å². The Morgan fingerprint density at radius 2 is 1.67 bits per heavy atom. The van der Waals surface area contributed by atoms with Crippen LogP contribution in [-0.4, -0.2) is 23.3 Å². The van der Waals surface area contributed by atoms with Crippen LogP contribution in [0.4, 0.5) is 0 Å². The van der Waals surface area contributed by atoms with Crippen LogP contribution in [0.15, 0.2) is 59.4 Å². The predicted octanol–water partition coefficient (Wildman–Crippen LogP) is 3.87. The fourth-order valence-corrected chi connectivity index (χ4v) is 2.76. The van der Waals surface area contributed by atoms with Gasteiger partial charge in [-0.15, -0.1) is 0 Å². The van der Waals surface area contributed by atoms with Crippen molar-refractivity contribution in [1.29, 1.82) is 0 Å². The molecule has 0 fully saturated rings. The summed E-state index contributed by atoms with van der Waals surface area (Å²) in [6, 6.07) is 15.3. The first-order valence-corrected chi connectivity index (χ1v) is 8.68. The van der Waals surface area contributed by atoms with E-state index in [1.165, 1.54) is 6.07 Å². The Morgan fingerprint density at radius 3 is 2.33 bits per heavy atom. The fraction of sp³-hybridized carbons (Fsp3) is 0.227. The number of para-hydroxylation sites is 1. The number of H-pyrrole nitrogens is 1. The van der Waals surface area contributed by atoms with Gasteiger partial charge in [0.1, 0.15) is 5.69 Å². The molecule has 0 saturated heterocycles. The number of hydrogen-bond donors (Lipinski definition) is 1. The Balaban J connectivity index is 1.70. The molecule has 3 aromatic rings. The standard InChI is InChI=1S/C22H21NO4/c1-22(2,3)15-10-8-14(9-11-15)20(25)13-27-21(26)18-12-19(24)16-6-4-5-7-17(16)23-18/h4-12H,13H2,1-3H3,(H,23,24). The molecule has 0 aliphatic heterocycles. The lowest BCUT2D eigenvalue weighted by Crippen LogP contribution is -2.17. The minimum Gasteiger partial charge on any atom is -0.453 e. The van der Waals surface area contributed by atoms with Gasteiger partial charge in [-0.3, -0.25) is 9.59 Å². The number of carbonyl (C=O) groups is 2. The SMILES string of the molecule is CC(C)(C)c1ccc(C(=O)COC(=O)c2cc(=O)c3ccccc3[nH]2)cc1. The molecule has 0 aliphatic carbocycles. The molecule has 0 aliphatic rings. The number of esters is 1. The monoisotopic (exact) mass is 363 g/mol. The molecule has 1 N–H and O–H groups in total. The van der Waals surface area contributed by atoms with E-state index in [-0.39, 0.29) is 28.9 Å². The summed E-state index contributed by atoms with van der Waals surface area (Å²) in [5.41, 5.74) is 1.87. The largest absolute Gasteiger partial charge is 0.453 e. The molecule has 0 amide bonds. The number of nitrogens with one attached hydrogen (secondary N) is 1. The zero-order chi connectivity index (χ0) is 19.6. The highest BCUT2D eigenvalue weighted by atomic mass is 16.5. The maximum atomic E-state index is 12.3. The van der Waals surface area contributed by atoms with E-state index in [0.29, 0.717) is 16.5 Å². The number of ketones is 1. The Hall–Kier alpha value is -3.21. The van der Waals surface area contributed by atoms with Crippen molar-refractivity contribution in [1.82, 2.24) is 4.98 Å². The van der Waals surface area contributed by atoms with Crippen molar-refractivity contribution in [3.8, 4) is 0 Å². The number of hydrogen-bond acceptors (Lipinski definition) is 4. The van der Waals surface area contributed by atoms with Crippen LogP contribution in [0.25, 0.3) is 10.9 Å². The summed E-state index contributed by atoms with van der Waals surface area (Å²) in [6.07, 6.45) is 0. The van der Waals surface area contributed by atoms with Crippen LogP contribution >= 0.6 is 0 Å². The van der Waals surface area contributed by atoms with E-state index in [9.17, 15) is 14.4 Å². The minimum atomic E-state index is -0.738. The van der Waals surface area contributed by atoms with Crippen LogP contribution in [-0.2, 0) is 10.2 Å². The number of aromatic amines is 1. The van der Waals surface area contributed by atoms with Crippen molar-refractivity contribution in [2.75, 3.05) is 6.61 Å². The molecule has 5 nitrogen and oxygen atoms in total. The van der Waals surface area contributed by atoms with Crippen molar-refractivity contribution in [2.45, 2.75) is 26.2 Å². The van der Waals surface area contributed by atoms with Crippen LogP contribution in [0.2, 0.25) is 0 Å². The van der Waals surface area contributed by atoms with Crippen molar-refractivity contribution in [2.24, 2.45) is 0 Å². The smallest absolute Gasteiger partial charge is 0.355 e. The van der Waals surface area contributed by atoms with Gasteiger partial charge in [-0.1, -0.05) is 57.2 Å². The number of carbonyl (C=O) groups excluding carboxylic acids is 2. The number of benzene rings is 2. The Kier molecular flexibility index (Phi) is 4.95. The third kappa shape index (κ3) is 4.14. The average Bonchev–Trinajstić information content (AvgIpc) is 2.65. The highest BCUT2D eigenvalue weighted by Crippen LogP contribution is 2.22. The number of pyridine rings is 1. The normalized spacial score (nSPS) is 11.4. The van der Waals surface area contributed by atoms with Crippen molar-refractivity contribution >= 4 is 22.7 Å². The molecule has 5 heteroatoms. The summed E-state index contributed by atoms with van der Waals surface area (Å²) in [5.74, 6) is -1.04. The van der Waals surface area contributed by atoms with Crippen molar-refractivity contribution in [3.05, 3.63) is 81.6 Å². The number of ether oxygens (including phenoxy) is 1. The van der Waals surface area contributed by atoms with Gasteiger partial charge in [0.15, 0.2) is 17.8 Å².